The lowest BCUT2D eigenvalue weighted by atomic mass is 10.0. The van der Waals surface area contributed by atoms with Gasteiger partial charge < -0.3 is 0 Å². The van der Waals surface area contributed by atoms with Gasteiger partial charge in [0.2, 0.25) is 0 Å². The Hall–Kier alpha value is -2.52. The van der Waals surface area contributed by atoms with Gasteiger partial charge in [0.1, 0.15) is 0 Å². The van der Waals surface area contributed by atoms with Crippen LogP contribution in [-0.4, -0.2) is 15.0 Å². The van der Waals surface area contributed by atoms with E-state index in [0.717, 1.165) is 54.0 Å². The van der Waals surface area contributed by atoms with Crippen molar-refractivity contribution in [3.8, 4) is 11.4 Å². The molecule has 0 saturated heterocycles. The highest BCUT2D eigenvalue weighted by molar-refractivity contribution is 6.30. The normalized spacial score (nSPS) is 16.5. The second kappa shape index (κ2) is 7.16. The van der Waals surface area contributed by atoms with Crippen LogP contribution in [0.3, 0.4) is 0 Å². The second-order valence-electron chi connectivity index (χ2n) is 6.11. The molecule has 1 heterocycles. The van der Waals surface area contributed by atoms with E-state index in [1.54, 1.807) is 0 Å². The Labute approximate surface area is 152 Å². The largest absolute Gasteiger partial charge is 0.209 e. The number of benzene rings is 1. The first kappa shape index (κ1) is 16.0. The van der Waals surface area contributed by atoms with Crippen LogP contribution in [0.5, 0.6) is 0 Å². The van der Waals surface area contributed by atoms with Crippen molar-refractivity contribution in [2.75, 3.05) is 0 Å². The predicted molar refractivity (Wildman–Crippen MR) is 103 cm³/mol. The van der Waals surface area contributed by atoms with Crippen LogP contribution in [-0.2, 0) is 0 Å². The molecule has 4 heteroatoms. The molecular formula is C21H18ClN3. The number of halogens is 1. The Kier molecular flexibility index (Phi) is 4.57. The lowest BCUT2D eigenvalue weighted by Crippen LogP contribution is -2.06. The number of hydrogen-bond donors (Lipinski definition) is 0. The van der Waals surface area contributed by atoms with Gasteiger partial charge in [0.15, 0.2) is 17.5 Å². The molecule has 4 rings (SSSR count). The highest BCUT2D eigenvalue weighted by Crippen LogP contribution is 2.27. The van der Waals surface area contributed by atoms with Gasteiger partial charge in [0, 0.05) is 16.2 Å². The number of hydrogen-bond acceptors (Lipinski definition) is 3. The average Bonchev–Trinajstić information content (AvgIpc) is 2.69. The Balaban J connectivity index is 1.85. The zero-order valence-electron chi connectivity index (χ0n) is 13.8. The molecule has 0 amide bonds. The summed E-state index contributed by atoms with van der Waals surface area (Å²) >= 11 is 6.16. The van der Waals surface area contributed by atoms with Crippen molar-refractivity contribution in [1.29, 1.82) is 0 Å². The van der Waals surface area contributed by atoms with Gasteiger partial charge in [0.05, 0.1) is 0 Å². The van der Waals surface area contributed by atoms with Crippen molar-refractivity contribution in [3.05, 3.63) is 77.4 Å². The summed E-state index contributed by atoms with van der Waals surface area (Å²) in [5.74, 6) is 2.15. The van der Waals surface area contributed by atoms with Crippen LogP contribution >= 0.6 is 11.6 Å². The molecule has 0 bridgehead atoms. The molecule has 0 radical (unpaired) electrons. The standard InChI is InChI=1S/C21H18ClN3/c22-18-13-7-12-17(14-18)21-24-19(15-8-3-1-4-9-15)23-20(25-21)16-10-5-2-6-11-16/h1,3,5,7-8,10-14H,2,4,6,9H2. The van der Waals surface area contributed by atoms with E-state index in [0.29, 0.717) is 10.8 Å². The third-order valence-electron chi connectivity index (χ3n) is 4.27. The monoisotopic (exact) mass is 347 g/mol. The van der Waals surface area contributed by atoms with Crippen molar-refractivity contribution in [3.63, 3.8) is 0 Å². The molecule has 3 nitrogen and oxygen atoms in total. The molecule has 0 N–H and O–H groups in total. The lowest BCUT2D eigenvalue weighted by Gasteiger charge is -2.13. The van der Waals surface area contributed by atoms with E-state index in [9.17, 15) is 0 Å². The van der Waals surface area contributed by atoms with E-state index < -0.39 is 0 Å². The fraction of sp³-hybridized carbons (Fsp3) is 0.190. The van der Waals surface area contributed by atoms with Crippen molar-refractivity contribution in [2.45, 2.75) is 25.7 Å². The topological polar surface area (TPSA) is 38.7 Å². The van der Waals surface area contributed by atoms with Crippen LogP contribution in [0.15, 0.2) is 60.7 Å². The summed E-state index contributed by atoms with van der Waals surface area (Å²) in [7, 11) is 0. The van der Waals surface area contributed by atoms with Gasteiger partial charge in [0.25, 0.3) is 0 Å². The minimum atomic E-state index is 0.665. The average molecular weight is 348 g/mol. The summed E-state index contributed by atoms with van der Waals surface area (Å²) in [6.07, 6.45) is 16.8. The van der Waals surface area contributed by atoms with Gasteiger partial charge >= 0.3 is 0 Å². The molecule has 0 fully saturated rings. The molecular weight excluding hydrogens is 330 g/mol. The maximum Gasteiger partial charge on any atom is 0.164 e. The molecule has 2 aliphatic carbocycles. The molecule has 25 heavy (non-hydrogen) atoms. The molecule has 0 saturated carbocycles. The van der Waals surface area contributed by atoms with Crippen LogP contribution in [0.4, 0.5) is 0 Å². The number of nitrogens with zero attached hydrogens (tertiary/aromatic N) is 3. The molecule has 2 aromatic rings. The van der Waals surface area contributed by atoms with Crippen LogP contribution in [0.25, 0.3) is 22.5 Å². The van der Waals surface area contributed by atoms with Crippen molar-refractivity contribution >= 4 is 22.7 Å². The first-order valence-electron chi connectivity index (χ1n) is 8.55. The lowest BCUT2D eigenvalue weighted by molar-refractivity contribution is 0.952. The number of allylic oxidation sites excluding steroid dienone is 8. The van der Waals surface area contributed by atoms with E-state index in [-0.39, 0.29) is 0 Å². The van der Waals surface area contributed by atoms with Gasteiger partial charge in [-0.3, -0.25) is 0 Å². The van der Waals surface area contributed by atoms with Gasteiger partial charge in [-0.25, -0.2) is 15.0 Å². The van der Waals surface area contributed by atoms with Gasteiger partial charge in [-0.15, -0.1) is 0 Å². The predicted octanol–water partition coefficient (Wildman–Crippen LogP) is 5.66. The molecule has 0 unspecified atom stereocenters. The van der Waals surface area contributed by atoms with Crippen molar-refractivity contribution in [2.24, 2.45) is 0 Å². The smallest absolute Gasteiger partial charge is 0.164 e. The first-order valence-corrected chi connectivity index (χ1v) is 8.92. The third kappa shape index (κ3) is 3.62. The van der Waals surface area contributed by atoms with Crippen molar-refractivity contribution < 1.29 is 0 Å². The highest BCUT2D eigenvalue weighted by Gasteiger charge is 2.15. The van der Waals surface area contributed by atoms with Crippen LogP contribution in [0.1, 0.15) is 37.3 Å². The minimum Gasteiger partial charge on any atom is -0.209 e. The van der Waals surface area contributed by atoms with Gasteiger partial charge in [-0.2, -0.15) is 0 Å². The Morgan fingerprint density at radius 1 is 0.880 bits per heavy atom. The van der Waals surface area contributed by atoms with Gasteiger partial charge in [-0.05, 0) is 43.4 Å². The molecule has 1 aromatic carbocycles. The van der Waals surface area contributed by atoms with Crippen LogP contribution in [0.2, 0.25) is 5.02 Å². The van der Waals surface area contributed by atoms with E-state index in [2.05, 4.69) is 36.5 Å². The van der Waals surface area contributed by atoms with E-state index in [1.807, 2.05) is 24.3 Å². The summed E-state index contributed by atoms with van der Waals surface area (Å²) in [5.41, 5.74) is 3.12. The first-order chi connectivity index (χ1) is 12.3. The fourth-order valence-electron chi connectivity index (χ4n) is 2.97. The zero-order valence-corrected chi connectivity index (χ0v) is 14.6. The number of rotatable bonds is 3. The van der Waals surface area contributed by atoms with E-state index in [1.165, 1.54) is 0 Å². The summed E-state index contributed by atoms with van der Waals surface area (Å²) < 4.78 is 0. The third-order valence-corrected chi connectivity index (χ3v) is 4.51. The molecule has 2 aliphatic rings. The second-order valence-corrected chi connectivity index (χ2v) is 6.55. The highest BCUT2D eigenvalue weighted by atomic mass is 35.5. The molecule has 0 atom stereocenters. The minimum absolute atomic E-state index is 0.665. The number of aromatic nitrogens is 3. The van der Waals surface area contributed by atoms with E-state index in [4.69, 9.17) is 26.6 Å². The summed E-state index contributed by atoms with van der Waals surface area (Å²) in [5, 5.41) is 0.678. The molecule has 0 aliphatic heterocycles. The quantitative estimate of drug-likeness (QED) is 0.719. The maximum absolute atomic E-state index is 6.16. The molecule has 1 aromatic heterocycles. The summed E-state index contributed by atoms with van der Waals surface area (Å²) in [4.78, 5) is 14.2. The summed E-state index contributed by atoms with van der Waals surface area (Å²) in [6, 6.07) is 7.65. The van der Waals surface area contributed by atoms with Gasteiger partial charge in [-0.1, -0.05) is 60.2 Å². The maximum atomic E-state index is 6.16. The Morgan fingerprint density at radius 3 is 2.52 bits per heavy atom. The van der Waals surface area contributed by atoms with Crippen LogP contribution < -0.4 is 0 Å². The Morgan fingerprint density at radius 2 is 1.76 bits per heavy atom. The SMILES string of the molecule is Clc1cccc(-c2nc(C3=CCCC=C3)nc(C3=CC=CCC3)n2)c1. The van der Waals surface area contributed by atoms with Crippen LogP contribution in [0, 0.1) is 0 Å². The molecule has 0 spiro atoms. The molecule has 124 valence electrons. The van der Waals surface area contributed by atoms with E-state index >= 15 is 0 Å². The van der Waals surface area contributed by atoms with Crippen molar-refractivity contribution in [1.82, 2.24) is 15.0 Å². The Bertz CT molecular complexity index is 922. The summed E-state index contributed by atoms with van der Waals surface area (Å²) in [6.45, 7) is 0. The zero-order chi connectivity index (χ0) is 17.1. The fourth-order valence-corrected chi connectivity index (χ4v) is 3.16.